The fraction of sp³-hybridized carbons (Fsp3) is 0.318. The second-order valence-corrected chi connectivity index (χ2v) is 6.90. The van der Waals surface area contributed by atoms with Crippen LogP contribution in [0.4, 0.5) is 0 Å². The van der Waals surface area contributed by atoms with Crippen molar-refractivity contribution in [3.8, 4) is 0 Å². The molecule has 4 rings (SSSR count). The van der Waals surface area contributed by atoms with Crippen LogP contribution in [0.1, 0.15) is 28.9 Å². The number of ketones is 1. The van der Waals surface area contributed by atoms with Gasteiger partial charge in [-0.25, -0.2) is 0 Å². The molecule has 1 aliphatic rings. The lowest BCUT2D eigenvalue weighted by atomic mass is 9.95. The van der Waals surface area contributed by atoms with E-state index in [0.29, 0.717) is 0 Å². The van der Waals surface area contributed by atoms with Crippen LogP contribution >= 0.6 is 0 Å². The number of para-hydroxylation sites is 1. The highest BCUT2D eigenvalue weighted by Crippen LogP contribution is 2.29. The number of aromatic nitrogens is 1. The summed E-state index contributed by atoms with van der Waals surface area (Å²) in [4.78, 5) is 21.6. The number of aromatic amines is 1. The van der Waals surface area contributed by atoms with Crippen LogP contribution in [-0.4, -0.2) is 53.3 Å². The van der Waals surface area contributed by atoms with E-state index < -0.39 is 0 Å². The van der Waals surface area contributed by atoms with Gasteiger partial charge in [-0.15, -0.1) is 0 Å². The molecular weight excluding hydrogens is 322 g/mol. The number of piperazine rings is 1. The van der Waals surface area contributed by atoms with Crippen molar-refractivity contribution in [2.75, 3.05) is 32.7 Å². The molecule has 1 N–H and O–H groups in total. The van der Waals surface area contributed by atoms with Crippen molar-refractivity contribution in [1.82, 2.24) is 14.8 Å². The molecule has 0 radical (unpaired) electrons. The van der Waals surface area contributed by atoms with Crippen LogP contribution in [0.2, 0.25) is 0 Å². The molecule has 3 aromatic rings. The topological polar surface area (TPSA) is 39.3 Å². The summed E-state index contributed by atoms with van der Waals surface area (Å²) in [6.07, 6.45) is 1.87. The first-order valence-electron chi connectivity index (χ1n) is 9.39. The van der Waals surface area contributed by atoms with E-state index in [1.165, 1.54) is 0 Å². The van der Waals surface area contributed by atoms with Crippen molar-refractivity contribution in [3.05, 3.63) is 71.9 Å². The summed E-state index contributed by atoms with van der Waals surface area (Å²) in [7, 11) is 0. The van der Waals surface area contributed by atoms with Crippen molar-refractivity contribution in [2.45, 2.75) is 13.0 Å². The highest BCUT2D eigenvalue weighted by molar-refractivity contribution is 6.10. The summed E-state index contributed by atoms with van der Waals surface area (Å²) >= 11 is 0. The van der Waals surface area contributed by atoms with Gasteiger partial charge in [0.15, 0.2) is 5.78 Å². The summed E-state index contributed by atoms with van der Waals surface area (Å²) in [5.74, 6) is 0.179. The third-order valence-electron chi connectivity index (χ3n) is 5.44. The number of Topliss-reactive ketones (excluding diaryl/α,β-unsaturated/α-hetero) is 1. The zero-order chi connectivity index (χ0) is 17.9. The Bertz CT molecular complexity index is 879. The Labute approximate surface area is 154 Å². The Morgan fingerprint density at radius 2 is 1.69 bits per heavy atom. The van der Waals surface area contributed by atoms with Crippen LogP contribution < -0.4 is 0 Å². The molecule has 4 heteroatoms. The van der Waals surface area contributed by atoms with Crippen molar-refractivity contribution in [3.63, 3.8) is 0 Å². The Hall–Kier alpha value is -2.43. The number of nitrogens with one attached hydrogen (secondary N) is 1. The van der Waals surface area contributed by atoms with Crippen LogP contribution in [0.3, 0.4) is 0 Å². The minimum absolute atomic E-state index is 0.179. The molecule has 0 saturated carbocycles. The number of carbonyl (C=O) groups excluding carboxylic acids is 1. The Balaban J connectivity index is 1.70. The number of rotatable bonds is 5. The average Bonchev–Trinajstić information content (AvgIpc) is 3.14. The molecule has 1 aliphatic heterocycles. The van der Waals surface area contributed by atoms with E-state index in [9.17, 15) is 4.79 Å². The third kappa shape index (κ3) is 3.18. The lowest BCUT2D eigenvalue weighted by Crippen LogP contribution is -2.49. The summed E-state index contributed by atoms with van der Waals surface area (Å²) in [5, 5.41) is 1.01. The molecule has 1 fully saturated rings. The molecule has 1 atom stereocenters. The number of hydrogen-bond acceptors (Lipinski definition) is 3. The number of likely N-dealkylation sites (N-methyl/N-ethyl adjacent to an activating group) is 1. The first-order valence-corrected chi connectivity index (χ1v) is 9.39. The highest BCUT2D eigenvalue weighted by Gasteiger charge is 2.31. The minimum Gasteiger partial charge on any atom is -0.360 e. The minimum atomic E-state index is -0.227. The predicted molar refractivity (Wildman–Crippen MR) is 105 cm³/mol. The predicted octanol–water partition coefficient (Wildman–Crippen LogP) is 3.73. The van der Waals surface area contributed by atoms with Gasteiger partial charge in [-0.3, -0.25) is 9.69 Å². The zero-order valence-corrected chi connectivity index (χ0v) is 15.2. The van der Waals surface area contributed by atoms with Crippen LogP contribution in [0.5, 0.6) is 0 Å². The lowest BCUT2D eigenvalue weighted by molar-refractivity contribution is 0.0676. The smallest absolute Gasteiger partial charge is 0.186 e. The molecule has 1 aromatic heterocycles. The van der Waals surface area contributed by atoms with E-state index in [2.05, 4.69) is 33.8 Å². The second-order valence-electron chi connectivity index (χ2n) is 6.90. The Morgan fingerprint density at radius 1 is 1.00 bits per heavy atom. The SMILES string of the molecule is CCN1CCN(C(C(=O)c2c[nH]c3ccccc23)c2ccccc2)CC1. The molecule has 0 amide bonds. The number of hydrogen-bond donors (Lipinski definition) is 1. The third-order valence-corrected chi connectivity index (χ3v) is 5.44. The first-order chi connectivity index (χ1) is 12.8. The lowest BCUT2D eigenvalue weighted by Gasteiger charge is -2.38. The van der Waals surface area contributed by atoms with E-state index in [0.717, 1.165) is 54.8 Å². The Morgan fingerprint density at radius 3 is 2.42 bits per heavy atom. The van der Waals surface area contributed by atoms with Crippen molar-refractivity contribution >= 4 is 16.7 Å². The van der Waals surface area contributed by atoms with Crippen molar-refractivity contribution in [1.29, 1.82) is 0 Å². The van der Waals surface area contributed by atoms with Gasteiger partial charge in [0.1, 0.15) is 0 Å². The van der Waals surface area contributed by atoms with Crippen LogP contribution in [0.15, 0.2) is 60.8 Å². The number of nitrogens with zero attached hydrogens (tertiary/aromatic N) is 2. The summed E-state index contributed by atoms with van der Waals surface area (Å²) in [6.45, 7) is 7.13. The molecule has 134 valence electrons. The average molecular weight is 347 g/mol. The molecule has 0 spiro atoms. The summed E-state index contributed by atoms with van der Waals surface area (Å²) in [5.41, 5.74) is 2.87. The maximum Gasteiger partial charge on any atom is 0.186 e. The van der Waals surface area contributed by atoms with Gasteiger partial charge >= 0.3 is 0 Å². The van der Waals surface area contributed by atoms with Gasteiger partial charge in [-0.05, 0) is 18.2 Å². The second kappa shape index (κ2) is 7.44. The quantitative estimate of drug-likeness (QED) is 0.715. The molecule has 0 aliphatic carbocycles. The normalized spacial score (nSPS) is 17.4. The molecular formula is C22H25N3O. The van der Waals surface area contributed by atoms with Crippen LogP contribution in [-0.2, 0) is 0 Å². The zero-order valence-electron chi connectivity index (χ0n) is 15.2. The maximum absolute atomic E-state index is 13.6. The standard InChI is InChI=1S/C22H25N3O/c1-2-24-12-14-25(15-13-24)21(17-8-4-3-5-9-17)22(26)19-16-23-20-11-7-6-10-18(19)20/h3-11,16,21,23H,2,12-15H2,1H3. The number of fused-ring (bicyclic) bond motifs is 1. The van der Waals surface area contributed by atoms with E-state index in [4.69, 9.17) is 0 Å². The molecule has 0 bridgehead atoms. The number of benzene rings is 2. The van der Waals surface area contributed by atoms with Gasteiger partial charge in [0.2, 0.25) is 0 Å². The highest BCUT2D eigenvalue weighted by atomic mass is 16.1. The molecule has 1 saturated heterocycles. The van der Waals surface area contributed by atoms with E-state index in [-0.39, 0.29) is 11.8 Å². The van der Waals surface area contributed by atoms with Gasteiger partial charge in [-0.2, -0.15) is 0 Å². The van der Waals surface area contributed by atoms with E-state index in [1.807, 2.05) is 48.7 Å². The summed E-state index contributed by atoms with van der Waals surface area (Å²) < 4.78 is 0. The Kier molecular flexibility index (Phi) is 4.87. The fourth-order valence-electron chi connectivity index (χ4n) is 3.92. The van der Waals surface area contributed by atoms with Crippen LogP contribution in [0, 0.1) is 0 Å². The van der Waals surface area contributed by atoms with Gasteiger partial charge < -0.3 is 9.88 Å². The molecule has 1 unspecified atom stereocenters. The van der Waals surface area contributed by atoms with E-state index >= 15 is 0 Å². The molecule has 26 heavy (non-hydrogen) atoms. The van der Waals surface area contributed by atoms with Crippen molar-refractivity contribution < 1.29 is 4.79 Å². The van der Waals surface area contributed by atoms with E-state index in [1.54, 1.807) is 0 Å². The van der Waals surface area contributed by atoms with Gasteiger partial charge in [0, 0.05) is 48.8 Å². The van der Waals surface area contributed by atoms with Gasteiger partial charge in [0.05, 0.1) is 6.04 Å². The summed E-state index contributed by atoms with van der Waals surface area (Å²) in [6, 6.07) is 18.0. The van der Waals surface area contributed by atoms with Crippen LogP contribution in [0.25, 0.3) is 10.9 Å². The molecule has 2 heterocycles. The number of H-pyrrole nitrogens is 1. The fourth-order valence-corrected chi connectivity index (χ4v) is 3.92. The first kappa shape index (κ1) is 17.0. The monoisotopic (exact) mass is 347 g/mol. The number of carbonyl (C=O) groups is 1. The largest absolute Gasteiger partial charge is 0.360 e. The molecule has 2 aromatic carbocycles. The maximum atomic E-state index is 13.6. The van der Waals surface area contributed by atoms with Gasteiger partial charge in [-0.1, -0.05) is 55.5 Å². The molecule has 4 nitrogen and oxygen atoms in total. The van der Waals surface area contributed by atoms with Crippen molar-refractivity contribution in [2.24, 2.45) is 0 Å². The van der Waals surface area contributed by atoms with Gasteiger partial charge in [0.25, 0.3) is 0 Å².